The number of hydrogen-bond acceptors (Lipinski definition) is 2. The molecule has 1 aliphatic heterocycles. The van der Waals surface area contributed by atoms with Gasteiger partial charge in [0.2, 0.25) is 5.91 Å². The minimum atomic E-state index is -0.129. The molecular weight excluding hydrogens is 391 g/mol. The third-order valence-electron chi connectivity index (χ3n) is 3.24. The van der Waals surface area contributed by atoms with E-state index in [2.05, 4.69) is 27.9 Å². The van der Waals surface area contributed by atoms with Crippen molar-refractivity contribution in [2.24, 2.45) is 0 Å². The predicted octanol–water partition coefficient (Wildman–Crippen LogP) is 2.69. The Morgan fingerprint density at radius 2 is 2.25 bits per heavy atom. The summed E-state index contributed by atoms with van der Waals surface area (Å²) in [6, 6.07) is 5.25. The van der Waals surface area contributed by atoms with Crippen LogP contribution in [-0.4, -0.2) is 36.3 Å². The van der Waals surface area contributed by atoms with Gasteiger partial charge < -0.3 is 10.2 Å². The van der Waals surface area contributed by atoms with E-state index in [1.807, 2.05) is 11.0 Å². The van der Waals surface area contributed by atoms with Crippen LogP contribution in [0.15, 0.2) is 18.2 Å². The van der Waals surface area contributed by atoms with E-state index >= 15 is 0 Å². The van der Waals surface area contributed by atoms with E-state index < -0.39 is 0 Å². The van der Waals surface area contributed by atoms with Gasteiger partial charge in [0.1, 0.15) is 0 Å². The quantitative estimate of drug-likeness (QED) is 0.604. The molecule has 2 rings (SSSR count). The molecule has 0 saturated carbocycles. The van der Waals surface area contributed by atoms with Crippen molar-refractivity contribution >= 4 is 46.0 Å². The van der Waals surface area contributed by atoms with Gasteiger partial charge in [-0.05, 0) is 53.6 Å². The molecule has 1 aliphatic rings. The van der Waals surface area contributed by atoms with Crippen LogP contribution in [0.4, 0.5) is 0 Å². The SMILES string of the molecule is O=C(NCCCN1CCCC1=O)c1ccc(I)c(Cl)c1. The number of hydrogen-bond donors (Lipinski definition) is 1. The second-order valence-corrected chi connectivity index (χ2v) is 6.29. The number of rotatable bonds is 5. The fraction of sp³-hybridized carbons (Fsp3) is 0.429. The molecule has 2 amide bonds. The molecule has 0 spiro atoms. The molecule has 108 valence electrons. The zero-order chi connectivity index (χ0) is 14.5. The van der Waals surface area contributed by atoms with Crippen molar-refractivity contribution in [3.05, 3.63) is 32.4 Å². The minimum Gasteiger partial charge on any atom is -0.352 e. The van der Waals surface area contributed by atoms with Crippen LogP contribution in [0, 0.1) is 3.57 Å². The van der Waals surface area contributed by atoms with Gasteiger partial charge in [-0.15, -0.1) is 0 Å². The molecule has 0 radical (unpaired) electrons. The maximum Gasteiger partial charge on any atom is 0.251 e. The average Bonchev–Trinajstić information content (AvgIpc) is 2.83. The maximum absolute atomic E-state index is 11.9. The van der Waals surface area contributed by atoms with Crippen molar-refractivity contribution in [3.63, 3.8) is 0 Å². The molecule has 6 heteroatoms. The van der Waals surface area contributed by atoms with Crippen LogP contribution in [0.3, 0.4) is 0 Å². The smallest absolute Gasteiger partial charge is 0.251 e. The summed E-state index contributed by atoms with van der Waals surface area (Å²) in [6.07, 6.45) is 2.38. The Bertz CT molecular complexity index is 522. The molecule has 0 atom stereocenters. The summed E-state index contributed by atoms with van der Waals surface area (Å²) >= 11 is 8.11. The Hall–Kier alpha value is -0.820. The third-order valence-corrected chi connectivity index (χ3v) is 4.82. The van der Waals surface area contributed by atoms with Gasteiger partial charge in [0.05, 0.1) is 5.02 Å². The van der Waals surface area contributed by atoms with Gasteiger partial charge in [-0.1, -0.05) is 11.6 Å². The molecule has 1 saturated heterocycles. The van der Waals surface area contributed by atoms with Gasteiger partial charge >= 0.3 is 0 Å². The fourth-order valence-electron chi connectivity index (χ4n) is 2.15. The van der Waals surface area contributed by atoms with Crippen LogP contribution < -0.4 is 5.32 Å². The lowest BCUT2D eigenvalue weighted by atomic mass is 10.2. The van der Waals surface area contributed by atoms with E-state index in [-0.39, 0.29) is 11.8 Å². The Kier molecular flexibility index (Phi) is 5.65. The summed E-state index contributed by atoms with van der Waals surface area (Å²) in [6.45, 7) is 2.12. The maximum atomic E-state index is 11.9. The highest BCUT2D eigenvalue weighted by Crippen LogP contribution is 2.19. The topological polar surface area (TPSA) is 49.4 Å². The first kappa shape index (κ1) is 15.6. The van der Waals surface area contributed by atoms with Crippen LogP contribution in [0.2, 0.25) is 5.02 Å². The number of nitrogens with one attached hydrogen (secondary N) is 1. The fourth-order valence-corrected chi connectivity index (χ4v) is 2.67. The molecule has 20 heavy (non-hydrogen) atoms. The average molecular weight is 407 g/mol. The Morgan fingerprint density at radius 3 is 2.90 bits per heavy atom. The Balaban J connectivity index is 1.74. The predicted molar refractivity (Wildman–Crippen MR) is 86.9 cm³/mol. The third kappa shape index (κ3) is 4.09. The Morgan fingerprint density at radius 1 is 1.45 bits per heavy atom. The number of nitrogens with zero attached hydrogens (tertiary/aromatic N) is 1. The second-order valence-electron chi connectivity index (χ2n) is 4.72. The highest BCUT2D eigenvalue weighted by atomic mass is 127. The first-order chi connectivity index (χ1) is 9.58. The van der Waals surface area contributed by atoms with E-state index in [1.165, 1.54) is 0 Å². The Labute approximate surface area is 137 Å². The van der Waals surface area contributed by atoms with Crippen LogP contribution >= 0.6 is 34.2 Å². The zero-order valence-electron chi connectivity index (χ0n) is 11.0. The molecule has 1 aromatic rings. The second kappa shape index (κ2) is 7.26. The number of amides is 2. The summed E-state index contributed by atoms with van der Waals surface area (Å²) in [5.74, 6) is 0.0943. The van der Waals surface area contributed by atoms with Gasteiger partial charge in [-0.25, -0.2) is 0 Å². The van der Waals surface area contributed by atoms with Gasteiger partial charge in [-0.3, -0.25) is 9.59 Å². The van der Waals surface area contributed by atoms with Crippen molar-refractivity contribution in [2.75, 3.05) is 19.6 Å². The number of halogens is 2. The molecule has 1 heterocycles. The van der Waals surface area contributed by atoms with E-state index in [0.29, 0.717) is 30.1 Å². The summed E-state index contributed by atoms with van der Waals surface area (Å²) in [7, 11) is 0. The lowest BCUT2D eigenvalue weighted by Gasteiger charge is -2.15. The largest absolute Gasteiger partial charge is 0.352 e. The molecule has 0 aliphatic carbocycles. The van der Waals surface area contributed by atoms with Crippen molar-refractivity contribution < 1.29 is 9.59 Å². The standard InChI is InChI=1S/C14H16ClIN2O2/c15-11-9-10(4-5-12(11)16)14(20)17-6-2-8-18-7-1-3-13(18)19/h4-5,9H,1-3,6-8H2,(H,17,20). The van der Waals surface area contributed by atoms with Crippen molar-refractivity contribution in [1.29, 1.82) is 0 Å². The highest BCUT2D eigenvalue weighted by Gasteiger charge is 2.19. The normalized spacial score (nSPS) is 14.7. The van der Waals surface area contributed by atoms with Gasteiger partial charge in [0.25, 0.3) is 5.91 Å². The van der Waals surface area contributed by atoms with Crippen molar-refractivity contribution in [1.82, 2.24) is 10.2 Å². The number of carbonyl (C=O) groups excluding carboxylic acids is 2. The molecular formula is C14H16ClIN2O2. The summed E-state index contributed by atoms with van der Waals surface area (Å²) in [5, 5.41) is 3.43. The molecule has 0 unspecified atom stereocenters. The minimum absolute atomic E-state index is 0.129. The molecule has 0 aromatic heterocycles. The highest BCUT2D eigenvalue weighted by molar-refractivity contribution is 14.1. The van der Waals surface area contributed by atoms with Crippen LogP contribution in [-0.2, 0) is 4.79 Å². The van der Waals surface area contributed by atoms with E-state index in [0.717, 1.165) is 23.0 Å². The van der Waals surface area contributed by atoms with Crippen LogP contribution in [0.1, 0.15) is 29.6 Å². The van der Waals surface area contributed by atoms with Crippen LogP contribution in [0.25, 0.3) is 0 Å². The van der Waals surface area contributed by atoms with Crippen molar-refractivity contribution in [2.45, 2.75) is 19.3 Å². The van der Waals surface area contributed by atoms with Gasteiger partial charge in [0, 0.05) is 35.2 Å². The molecule has 1 N–H and O–H groups in total. The monoisotopic (exact) mass is 406 g/mol. The summed E-state index contributed by atoms with van der Waals surface area (Å²) in [4.78, 5) is 25.2. The molecule has 1 aromatic carbocycles. The van der Waals surface area contributed by atoms with E-state index in [4.69, 9.17) is 11.6 Å². The van der Waals surface area contributed by atoms with Crippen molar-refractivity contribution in [3.8, 4) is 0 Å². The molecule has 0 bridgehead atoms. The van der Waals surface area contributed by atoms with E-state index in [1.54, 1.807) is 12.1 Å². The molecule has 1 fully saturated rings. The lowest BCUT2D eigenvalue weighted by molar-refractivity contribution is -0.127. The number of benzene rings is 1. The number of carbonyl (C=O) groups is 2. The van der Waals surface area contributed by atoms with Crippen LogP contribution in [0.5, 0.6) is 0 Å². The summed E-state index contributed by atoms with van der Waals surface area (Å²) < 4.78 is 0.924. The number of likely N-dealkylation sites (tertiary alicyclic amines) is 1. The van der Waals surface area contributed by atoms with Gasteiger partial charge in [0.15, 0.2) is 0 Å². The first-order valence-corrected chi connectivity index (χ1v) is 8.04. The van der Waals surface area contributed by atoms with Gasteiger partial charge in [-0.2, -0.15) is 0 Å². The zero-order valence-corrected chi connectivity index (χ0v) is 13.9. The summed E-state index contributed by atoms with van der Waals surface area (Å²) in [5.41, 5.74) is 0.563. The first-order valence-electron chi connectivity index (χ1n) is 6.59. The van der Waals surface area contributed by atoms with E-state index in [9.17, 15) is 9.59 Å². The lowest BCUT2D eigenvalue weighted by Crippen LogP contribution is -2.30. The molecule has 4 nitrogen and oxygen atoms in total.